The zero-order valence-corrected chi connectivity index (χ0v) is 15.7. The van der Waals surface area contributed by atoms with Crippen molar-refractivity contribution in [1.29, 1.82) is 0 Å². The number of aliphatic hydroxyl groups is 1. The maximum Gasteiger partial charge on any atom is 0.255 e. The van der Waals surface area contributed by atoms with E-state index in [-0.39, 0.29) is 17.9 Å². The molecule has 8 heteroatoms. The summed E-state index contributed by atoms with van der Waals surface area (Å²) in [5, 5.41) is 21.9. The Morgan fingerprint density at radius 2 is 2.26 bits per heavy atom. The summed E-state index contributed by atoms with van der Waals surface area (Å²) in [4.78, 5) is 27.3. The maximum atomic E-state index is 12.6. The average molecular weight is 384 g/mol. The molecular formula is C19H20N4O3S. The Morgan fingerprint density at radius 1 is 1.41 bits per heavy atom. The molecule has 3 aromatic rings. The standard InChI is InChI=1S/C19H20N4O3S/c1-11-17(25)13(12(10-24)7-20-11)8-23-5-4-15-14(9-23)19(26)22-18(21-15)16-3-2-6-27-16/h2-3,6-7,24-25H,4-5,8-10H2,1H3,(H,21,22,26). The molecule has 0 amide bonds. The molecule has 0 atom stereocenters. The highest BCUT2D eigenvalue weighted by atomic mass is 32.1. The van der Waals surface area contributed by atoms with Crippen LogP contribution in [0.25, 0.3) is 10.7 Å². The summed E-state index contributed by atoms with van der Waals surface area (Å²) in [5.41, 5.74) is 3.16. The van der Waals surface area contributed by atoms with Gasteiger partial charge >= 0.3 is 0 Å². The van der Waals surface area contributed by atoms with E-state index >= 15 is 0 Å². The second-order valence-corrected chi connectivity index (χ2v) is 7.58. The van der Waals surface area contributed by atoms with Crippen LogP contribution in [0.4, 0.5) is 0 Å². The first-order valence-corrected chi connectivity index (χ1v) is 9.60. The van der Waals surface area contributed by atoms with Gasteiger partial charge in [-0.1, -0.05) is 6.07 Å². The van der Waals surface area contributed by atoms with Gasteiger partial charge in [-0.3, -0.25) is 14.7 Å². The minimum absolute atomic E-state index is 0.104. The maximum absolute atomic E-state index is 12.6. The predicted octanol–water partition coefficient (Wildman–Crippen LogP) is 1.96. The number of pyridine rings is 1. The number of aryl methyl sites for hydroxylation is 1. The number of rotatable bonds is 4. The monoisotopic (exact) mass is 384 g/mol. The second-order valence-electron chi connectivity index (χ2n) is 6.63. The molecule has 0 aromatic carbocycles. The summed E-state index contributed by atoms with van der Waals surface area (Å²) in [6.07, 6.45) is 2.25. The van der Waals surface area contributed by atoms with Crippen LogP contribution in [0.15, 0.2) is 28.5 Å². The Morgan fingerprint density at radius 3 is 3.00 bits per heavy atom. The van der Waals surface area contributed by atoms with E-state index < -0.39 is 0 Å². The highest BCUT2D eigenvalue weighted by molar-refractivity contribution is 7.13. The van der Waals surface area contributed by atoms with Gasteiger partial charge in [0.15, 0.2) is 5.82 Å². The quantitative estimate of drug-likeness (QED) is 0.635. The van der Waals surface area contributed by atoms with Gasteiger partial charge < -0.3 is 15.2 Å². The normalized spacial score (nSPS) is 14.3. The fourth-order valence-electron chi connectivity index (χ4n) is 3.37. The fraction of sp³-hybridized carbons (Fsp3) is 0.316. The van der Waals surface area contributed by atoms with Crippen LogP contribution in [0.2, 0.25) is 0 Å². The molecular weight excluding hydrogens is 364 g/mol. The van der Waals surface area contributed by atoms with Crippen LogP contribution < -0.4 is 5.56 Å². The minimum atomic E-state index is -0.188. The zero-order chi connectivity index (χ0) is 19.0. The first kappa shape index (κ1) is 17.8. The Labute approximate surface area is 160 Å². The van der Waals surface area contributed by atoms with Crippen LogP contribution in [0.3, 0.4) is 0 Å². The molecule has 3 aromatic heterocycles. The number of thiophene rings is 1. The van der Waals surface area contributed by atoms with Crippen LogP contribution >= 0.6 is 11.3 Å². The van der Waals surface area contributed by atoms with Crippen molar-refractivity contribution >= 4 is 11.3 Å². The Hall–Kier alpha value is -2.55. The van der Waals surface area contributed by atoms with Crippen molar-refractivity contribution in [3.63, 3.8) is 0 Å². The summed E-state index contributed by atoms with van der Waals surface area (Å²) < 4.78 is 0. The summed E-state index contributed by atoms with van der Waals surface area (Å²) in [5.74, 6) is 0.722. The molecule has 4 rings (SSSR count). The first-order chi connectivity index (χ1) is 13.1. The van der Waals surface area contributed by atoms with E-state index in [2.05, 4.69) is 19.9 Å². The minimum Gasteiger partial charge on any atom is -0.506 e. The molecule has 27 heavy (non-hydrogen) atoms. The van der Waals surface area contributed by atoms with Crippen LogP contribution in [-0.2, 0) is 26.1 Å². The molecule has 4 heterocycles. The third-order valence-corrected chi connectivity index (χ3v) is 5.76. The van der Waals surface area contributed by atoms with Crippen LogP contribution in [-0.4, -0.2) is 36.6 Å². The smallest absolute Gasteiger partial charge is 0.255 e. The Kier molecular flexibility index (Phi) is 4.77. The number of H-pyrrole nitrogens is 1. The van der Waals surface area contributed by atoms with Crippen molar-refractivity contribution in [2.75, 3.05) is 6.54 Å². The van der Waals surface area contributed by atoms with Crippen molar-refractivity contribution < 1.29 is 10.2 Å². The molecule has 0 radical (unpaired) electrons. The summed E-state index contributed by atoms with van der Waals surface area (Å²) in [7, 11) is 0. The van der Waals surface area contributed by atoms with Crippen molar-refractivity contribution in [3.05, 3.63) is 62.1 Å². The lowest BCUT2D eigenvalue weighted by molar-refractivity contribution is 0.232. The van der Waals surface area contributed by atoms with Gasteiger partial charge in [0.2, 0.25) is 0 Å². The molecule has 0 saturated carbocycles. The van der Waals surface area contributed by atoms with Crippen molar-refractivity contribution in [1.82, 2.24) is 19.9 Å². The summed E-state index contributed by atoms with van der Waals surface area (Å²) >= 11 is 1.54. The van der Waals surface area contributed by atoms with Crippen molar-refractivity contribution in [2.24, 2.45) is 0 Å². The van der Waals surface area contributed by atoms with E-state index in [0.717, 1.165) is 17.1 Å². The predicted molar refractivity (Wildman–Crippen MR) is 103 cm³/mol. The number of nitrogens with one attached hydrogen (secondary N) is 1. The van der Waals surface area contributed by atoms with Gasteiger partial charge in [0.1, 0.15) is 5.75 Å². The zero-order valence-electron chi connectivity index (χ0n) is 14.9. The van der Waals surface area contributed by atoms with E-state index in [1.807, 2.05) is 17.5 Å². The highest BCUT2D eigenvalue weighted by Crippen LogP contribution is 2.28. The Balaban J connectivity index is 1.61. The number of aromatic hydroxyl groups is 1. The number of nitrogens with zero attached hydrogens (tertiary/aromatic N) is 3. The van der Waals surface area contributed by atoms with Gasteiger partial charge in [0.25, 0.3) is 5.56 Å². The third-order valence-electron chi connectivity index (χ3n) is 4.88. The SMILES string of the molecule is Cc1ncc(CO)c(CN2CCc3nc(-c4cccs4)[nH]c(=O)c3C2)c1O. The van der Waals surface area contributed by atoms with Gasteiger partial charge in [-0.05, 0) is 18.4 Å². The van der Waals surface area contributed by atoms with Gasteiger partial charge in [-0.25, -0.2) is 4.98 Å². The van der Waals surface area contributed by atoms with Crippen LogP contribution in [0, 0.1) is 6.92 Å². The second kappa shape index (κ2) is 7.22. The molecule has 0 saturated heterocycles. The number of aliphatic hydroxyl groups excluding tert-OH is 1. The van der Waals surface area contributed by atoms with Crippen LogP contribution in [0.1, 0.15) is 28.1 Å². The molecule has 0 unspecified atom stereocenters. The van der Waals surface area contributed by atoms with Crippen molar-refractivity contribution in [2.45, 2.75) is 33.0 Å². The van der Waals surface area contributed by atoms with E-state index in [1.54, 1.807) is 24.5 Å². The molecule has 1 aliphatic rings. The number of aromatic nitrogens is 3. The lowest BCUT2D eigenvalue weighted by Gasteiger charge is -2.28. The number of aromatic amines is 1. The molecule has 3 N–H and O–H groups in total. The van der Waals surface area contributed by atoms with Gasteiger partial charge in [-0.2, -0.15) is 0 Å². The highest BCUT2D eigenvalue weighted by Gasteiger charge is 2.23. The summed E-state index contributed by atoms with van der Waals surface area (Å²) in [6, 6.07) is 3.87. The van der Waals surface area contributed by atoms with E-state index in [4.69, 9.17) is 0 Å². The third kappa shape index (κ3) is 3.39. The summed E-state index contributed by atoms with van der Waals surface area (Å²) in [6.45, 7) is 3.16. The lowest BCUT2D eigenvalue weighted by Crippen LogP contribution is -2.35. The molecule has 1 aliphatic heterocycles. The van der Waals surface area contributed by atoms with E-state index in [1.165, 1.54) is 0 Å². The largest absolute Gasteiger partial charge is 0.506 e. The number of hydrogen-bond acceptors (Lipinski definition) is 7. The van der Waals surface area contributed by atoms with Crippen molar-refractivity contribution in [3.8, 4) is 16.5 Å². The Bertz CT molecular complexity index is 1030. The molecule has 0 fully saturated rings. The van der Waals surface area contributed by atoms with Gasteiger partial charge in [0, 0.05) is 43.4 Å². The average Bonchev–Trinajstić information content (AvgIpc) is 3.21. The van der Waals surface area contributed by atoms with Crippen LogP contribution in [0.5, 0.6) is 5.75 Å². The number of fused-ring (bicyclic) bond motifs is 1. The molecule has 140 valence electrons. The topological polar surface area (TPSA) is 102 Å². The van der Waals surface area contributed by atoms with Gasteiger partial charge in [-0.15, -0.1) is 11.3 Å². The molecule has 0 bridgehead atoms. The van der Waals surface area contributed by atoms with E-state index in [0.29, 0.717) is 47.7 Å². The van der Waals surface area contributed by atoms with E-state index in [9.17, 15) is 15.0 Å². The number of hydrogen-bond donors (Lipinski definition) is 3. The fourth-order valence-corrected chi connectivity index (χ4v) is 4.04. The lowest BCUT2D eigenvalue weighted by atomic mass is 10.0. The van der Waals surface area contributed by atoms with Gasteiger partial charge in [0.05, 0.1) is 28.4 Å². The molecule has 0 spiro atoms. The molecule has 7 nitrogen and oxygen atoms in total. The molecule has 0 aliphatic carbocycles. The first-order valence-electron chi connectivity index (χ1n) is 8.72.